The molecule has 0 radical (unpaired) electrons. The van der Waals surface area contributed by atoms with E-state index in [9.17, 15) is 5.11 Å². The van der Waals surface area contributed by atoms with Crippen LogP contribution in [0.1, 0.15) is 501 Å². The number of carbonyl (C=O) groups is 1. The zero-order valence-corrected chi connectivity index (χ0v) is 68.2. The van der Waals surface area contributed by atoms with Crippen molar-refractivity contribution < 1.29 is 14.6 Å². The van der Waals surface area contributed by atoms with Gasteiger partial charge in [-0.2, -0.15) is 0 Å². The molecule has 0 aliphatic carbocycles. The number of hydrogen-bond acceptors (Lipinski definition) is 3. The van der Waals surface area contributed by atoms with Crippen LogP contribution in [0, 0.1) is 13.8 Å². The zero-order valence-electron chi connectivity index (χ0n) is 67.4. The molecular formula is C91H178O3S. The van der Waals surface area contributed by atoms with Crippen molar-refractivity contribution >= 4 is 14.3 Å². The molecule has 4 heteroatoms. The van der Waals surface area contributed by atoms with Crippen molar-refractivity contribution in [3.63, 3.8) is 0 Å². The monoisotopic (exact) mass is 1350 g/mol. The average Bonchev–Trinajstić information content (AvgIpc) is 0.648. The van der Waals surface area contributed by atoms with Crippen molar-refractivity contribution in [1.82, 2.24) is 0 Å². The number of phenols is 1. The highest BCUT2D eigenvalue weighted by atomic mass is 32.4. The average molecular weight is 1350 g/mol. The number of ether oxygens (including phenoxy) is 1. The van der Waals surface area contributed by atoms with E-state index in [1.165, 1.54) is 444 Å². The largest absolute Gasteiger partial charge is 0.507 e. The minimum absolute atomic E-state index is 0.296. The minimum atomic E-state index is -3.63. The molecule has 0 atom stereocenters. The second-order valence-corrected chi connectivity index (χ2v) is 41.1. The summed E-state index contributed by atoms with van der Waals surface area (Å²) in [6.45, 7) is 23.6. The molecule has 0 unspecified atom stereocenters. The third-order valence-corrected chi connectivity index (χ3v) is 36.2. The lowest BCUT2D eigenvalue weighted by Crippen LogP contribution is -2.69. The number of hydrogen-bond donors (Lipinski definition) is 1. The van der Waals surface area contributed by atoms with Gasteiger partial charge >= 0.3 is 5.97 Å². The van der Waals surface area contributed by atoms with Crippen LogP contribution in [0.2, 0.25) is 0 Å². The van der Waals surface area contributed by atoms with Crippen molar-refractivity contribution in [2.45, 2.75) is 511 Å². The van der Waals surface area contributed by atoms with Crippen molar-refractivity contribution in [2.75, 3.05) is 28.8 Å². The van der Waals surface area contributed by atoms with E-state index in [0.717, 1.165) is 36.8 Å². The van der Waals surface area contributed by atoms with Crippen LogP contribution >= 0.6 is 8.29 Å². The minimum Gasteiger partial charge on any atom is -0.507 e. The molecule has 0 aliphatic heterocycles. The number of rotatable bonds is 76. The summed E-state index contributed by atoms with van der Waals surface area (Å²) in [6.07, 6.45) is 88.6. The van der Waals surface area contributed by atoms with Gasteiger partial charge in [-0.1, -0.05) is 428 Å². The van der Waals surface area contributed by atoms with Crippen molar-refractivity contribution in [3.8, 4) is 5.75 Å². The van der Waals surface area contributed by atoms with E-state index < -0.39 is 13.0 Å². The van der Waals surface area contributed by atoms with Crippen molar-refractivity contribution in [2.24, 2.45) is 0 Å². The van der Waals surface area contributed by atoms with Crippen LogP contribution in [0.4, 0.5) is 0 Å². The third-order valence-electron chi connectivity index (χ3n) is 24.6. The molecule has 1 aromatic carbocycles. The summed E-state index contributed by atoms with van der Waals surface area (Å²) >= 11 is 0. The Hall–Kier alpha value is -1.16. The van der Waals surface area contributed by atoms with Crippen LogP contribution in [0.15, 0.2) is 6.07 Å². The quantitative estimate of drug-likeness (QED) is 0.0522. The van der Waals surface area contributed by atoms with Gasteiger partial charge in [0.2, 0.25) is 0 Å². The fourth-order valence-corrected chi connectivity index (χ4v) is 30.5. The molecular weight excluding hydrogens is 1170 g/mol. The van der Waals surface area contributed by atoms with Crippen molar-refractivity contribution in [1.29, 1.82) is 0 Å². The van der Waals surface area contributed by atoms with Crippen LogP contribution in [0.5, 0.6) is 5.75 Å². The van der Waals surface area contributed by atoms with Gasteiger partial charge in [0.15, 0.2) is 0 Å². The van der Waals surface area contributed by atoms with Gasteiger partial charge in [-0.25, -0.2) is 0 Å². The summed E-state index contributed by atoms with van der Waals surface area (Å²) in [5.74, 6) is 7.48. The van der Waals surface area contributed by atoms with Gasteiger partial charge in [0, 0.05) is 0 Å². The fraction of sp³-hybridized carbons (Fsp3) is 0.923. The van der Waals surface area contributed by atoms with Gasteiger partial charge in [-0.05, 0) is 129 Å². The Kier molecular flexibility index (Phi) is 59.5. The van der Waals surface area contributed by atoms with Gasteiger partial charge in [-0.15, -0.1) is 0 Å². The number of carbonyl (C=O) groups excluding carboxylic acids is 1. The Morgan fingerprint density at radius 1 is 0.316 bits per heavy atom. The van der Waals surface area contributed by atoms with E-state index in [0.29, 0.717) is 18.3 Å². The summed E-state index contributed by atoms with van der Waals surface area (Å²) in [4.78, 5) is 18.1. The topological polar surface area (TPSA) is 46.5 Å². The second-order valence-electron chi connectivity index (χ2n) is 32.7. The molecule has 1 N–H and O–H groups in total. The van der Waals surface area contributed by atoms with Gasteiger partial charge in [0.05, 0.1) is 4.75 Å². The summed E-state index contributed by atoms with van der Waals surface area (Å²) in [5.41, 5.74) is 4.43. The first kappa shape index (κ1) is 91.9. The first-order chi connectivity index (χ1) is 46.5. The maximum Gasteiger partial charge on any atom is 0.319 e. The first-order valence-electron chi connectivity index (χ1n) is 44.5. The number of benzene rings is 1. The maximum atomic E-state index is 18.1. The summed E-state index contributed by atoms with van der Waals surface area (Å²) < 4.78 is 7.31. The highest BCUT2D eigenvalue weighted by Gasteiger charge is 2.73. The van der Waals surface area contributed by atoms with Crippen LogP contribution in [-0.4, -0.2) is 44.6 Å². The Morgan fingerprint density at radius 2 is 0.526 bits per heavy atom. The zero-order chi connectivity index (χ0) is 69.4. The molecule has 0 fully saturated rings. The van der Waals surface area contributed by atoms with E-state index in [2.05, 4.69) is 75.3 Å². The molecule has 0 aliphatic rings. The van der Waals surface area contributed by atoms with Crippen LogP contribution in [-0.2, 0) is 22.6 Å². The van der Waals surface area contributed by atoms with Gasteiger partial charge < -0.3 is 9.84 Å². The molecule has 0 amide bonds. The Bertz CT molecular complexity index is 1690. The van der Waals surface area contributed by atoms with Crippen molar-refractivity contribution in [3.05, 3.63) is 28.3 Å². The predicted molar refractivity (Wildman–Crippen MR) is 436 cm³/mol. The van der Waals surface area contributed by atoms with E-state index in [-0.39, 0.29) is 0 Å². The van der Waals surface area contributed by atoms with Gasteiger partial charge in [0.25, 0.3) is 0 Å². The number of phenolic OH excluding ortho intramolecular Hbond substituents is 1. The molecule has 95 heavy (non-hydrogen) atoms. The third kappa shape index (κ3) is 38.1. The van der Waals surface area contributed by atoms with Crippen LogP contribution < -0.4 is 0 Å². The van der Waals surface area contributed by atoms with E-state index >= 15 is 4.79 Å². The summed E-state index contributed by atoms with van der Waals surface area (Å²) in [7, 11) is -3.63. The summed E-state index contributed by atoms with van der Waals surface area (Å²) in [6, 6.07) is 2.27. The maximum absolute atomic E-state index is 18.1. The predicted octanol–water partition coefficient (Wildman–Crippen LogP) is 32.1. The van der Waals surface area contributed by atoms with E-state index in [4.69, 9.17) is 4.74 Å². The van der Waals surface area contributed by atoms with Gasteiger partial charge in [0.1, 0.15) is 12.4 Å². The highest BCUT2D eigenvalue weighted by molar-refractivity contribution is 8.65. The second kappa shape index (κ2) is 61.5. The Balaban J connectivity index is 4.86. The molecule has 0 aromatic heterocycles. The molecule has 3 nitrogen and oxygen atoms in total. The molecule has 0 saturated heterocycles. The van der Waals surface area contributed by atoms with Gasteiger partial charge in [-0.3, -0.25) is 13.1 Å². The standard InChI is InChI=1S/C91H178O3S/c1-11-19-27-35-43-51-59-67-75-88-86(10)89(92)85(9)83-87(88)84-94-90(93)91(76-68-60-52-44-36-28-20-12-2,77-69-61-53-45-37-29-21-13-3)95(78-70-62-54-46-38-30-22-14-4,79-71-63-55-47-39-31-23-15-5,80-72-64-56-48-40-32-24-16-6,81-73-65-57-49-41-33-25-17-7)82-74-66-58-50-42-34-26-18-8/h83,92H,11-82,84H2,1-10H3. The Labute approximate surface area is 599 Å². The number of unbranched alkanes of at least 4 members (excludes halogenated alkanes) is 56. The molecule has 1 aromatic rings. The van der Waals surface area contributed by atoms with Crippen LogP contribution in [0.3, 0.4) is 0 Å². The van der Waals surface area contributed by atoms with E-state index in [1.807, 2.05) is 0 Å². The molecule has 566 valence electrons. The number of esters is 1. The molecule has 0 spiro atoms. The molecule has 1 rings (SSSR count). The lowest BCUT2D eigenvalue weighted by Gasteiger charge is -2.88. The smallest absolute Gasteiger partial charge is 0.319 e. The first-order valence-corrected chi connectivity index (χ1v) is 47.8. The SMILES string of the molecule is CCCCCCCCCCc1c(COC(=O)C(CCCCCCCCCC)(CCCCCCCCCC)S(CCCCCCCCCC)(CCCCCCCCCC)(CCCCCCCCCC)(CCCCCCCCCC)CCCCCCCCCC)cc(C)c(O)c1C. The Morgan fingerprint density at radius 3 is 0.768 bits per heavy atom. The van der Waals surface area contributed by atoms with E-state index in [1.54, 1.807) is 0 Å². The number of aryl methyl sites for hydroxylation is 1. The molecule has 0 heterocycles. The normalized spacial score (nSPS) is 12.9. The lowest BCUT2D eigenvalue weighted by atomic mass is 9.92. The molecule has 0 bridgehead atoms. The number of aromatic hydroxyl groups is 1. The summed E-state index contributed by atoms with van der Waals surface area (Å²) in [5, 5.41) is 11.8. The van der Waals surface area contributed by atoms with Crippen LogP contribution in [0.25, 0.3) is 0 Å². The molecule has 0 saturated carbocycles. The highest BCUT2D eigenvalue weighted by Crippen LogP contribution is 2.98. The lowest BCUT2D eigenvalue weighted by molar-refractivity contribution is -0.149. The fourth-order valence-electron chi connectivity index (χ4n) is 18.3.